The number of nitrogens with zero attached hydrogens (tertiary/aromatic N) is 2. The van der Waals surface area contributed by atoms with Crippen molar-refractivity contribution in [2.45, 2.75) is 51.6 Å². The van der Waals surface area contributed by atoms with E-state index in [2.05, 4.69) is 29.9 Å². The van der Waals surface area contributed by atoms with Crippen LogP contribution in [0.5, 0.6) is 0 Å². The van der Waals surface area contributed by atoms with Crippen LogP contribution in [-0.4, -0.2) is 41.1 Å². The molecule has 2 aromatic rings. The molecular formula is C20H28N4O2. The molecule has 4 rings (SSSR count). The Labute approximate surface area is 154 Å². The van der Waals surface area contributed by atoms with Gasteiger partial charge in [-0.3, -0.25) is 15.6 Å². The summed E-state index contributed by atoms with van der Waals surface area (Å²) >= 11 is 0. The summed E-state index contributed by atoms with van der Waals surface area (Å²) in [6.45, 7) is 6.20. The number of amides is 1. The average Bonchev–Trinajstić information content (AvgIpc) is 3.30. The molecule has 3 heterocycles. The summed E-state index contributed by atoms with van der Waals surface area (Å²) in [6, 6.07) is 8.80. The Morgan fingerprint density at radius 3 is 2.77 bits per heavy atom. The van der Waals surface area contributed by atoms with Gasteiger partial charge in [0.15, 0.2) is 5.58 Å². The van der Waals surface area contributed by atoms with Crippen LogP contribution in [0.25, 0.3) is 11.0 Å². The van der Waals surface area contributed by atoms with E-state index in [1.807, 2.05) is 29.2 Å². The van der Waals surface area contributed by atoms with Crippen LogP contribution >= 0.6 is 0 Å². The molecule has 2 aliphatic heterocycles. The summed E-state index contributed by atoms with van der Waals surface area (Å²) in [5.41, 5.74) is 8.41. The molecule has 2 atom stereocenters. The monoisotopic (exact) mass is 356 g/mol. The number of hydrogen-bond donors (Lipinski definition) is 2. The van der Waals surface area contributed by atoms with Crippen molar-refractivity contribution in [3.8, 4) is 0 Å². The van der Waals surface area contributed by atoms with Crippen LogP contribution in [0.1, 0.15) is 38.8 Å². The van der Waals surface area contributed by atoms with Crippen molar-refractivity contribution < 1.29 is 9.32 Å². The Hall–Kier alpha value is -1.92. The summed E-state index contributed by atoms with van der Waals surface area (Å²) < 4.78 is 5.32. The van der Waals surface area contributed by atoms with E-state index >= 15 is 0 Å². The predicted molar refractivity (Wildman–Crippen MR) is 100 cm³/mol. The van der Waals surface area contributed by atoms with E-state index in [1.165, 1.54) is 6.42 Å². The van der Waals surface area contributed by atoms with Gasteiger partial charge in [0.05, 0.1) is 6.42 Å². The number of likely N-dealkylation sites (tertiary alicyclic amines) is 1. The fourth-order valence-electron chi connectivity index (χ4n) is 4.23. The fourth-order valence-corrected chi connectivity index (χ4v) is 4.23. The number of rotatable bonds is 4. The van der Waals surface area contributed by atoms with E-state index in [0.29, 0.717) is 30.3 Å². The molecular weight excluding hydrogens is 328 g/mol. The number of carbonyl (C=O) groups excluding carboxylic acids is 1. The number of hydrazine groups is 1. The van der Waals surface area contributed by atoms with Crippen LogP contribution < -0.4 is 10.9 Å². The summed E-state index contributed by atoms with van der Waals surface area (Å²) in [6.07, 6.45) is 3.63. The summed E-state index contributed by atoms with van der Waals surface area (Å²) in [5, 5.41) is 5.03. The topological polar surface area (TPSA) is 70.4 Å². The Balaban J connectivity index is 1.31. The highest BCUT2D eigenvalue weighted by molar-refractivity contribution is 5.86. The number of aromatic nitrogens is 1. The van der Waals surface area contributed by atoms with Gasteiger partial charge in [-0.05, 0) is 43.2 Å². The number of piperidine rings is 1. The maximum Gasteiger partial charge on any atom is 0.228 e. The van der Waals surface area contributed by atoms with Crippen molar-refractivity contribution in [3.05, 3.63) is 30.0 Å². The maximum absolute atomic E-state index is 12.7. The Morgan fingerprint density at radius 2 is 2.04 bits per heavy atom. The molecule has 2 N–H and O–H groups in total. The second kappa shape index (κ2) is 7.37. The smallest absolute Gasteiger partial charge is 0.228 e. The van der Waals surface area contributed by atoms with Crippen molar-refractivity contribution >= 4 is 16.9 Å². The third-order valence-corrected chi connectivity index (χ3v) is 6.00. The lowest BCUT2D eigenvalue weighted by molar-refractivity contribution is -0.132. The number of fused-ring (bicyclic) bond motifs is 1. The minimum Gasteiger partial charge on any atom is -0.356 e. The molecule has 1 aromatic heterocycles. The van der Waals surface area contributed by atoms with Gasteiger partial charge in [-0.1, -0.05) is 31.1 Å². The van der Waals surface area contributed by atoms with Crippen LogP contribution in [0.2, 0.25) is 0 Å². The normalized spacial score (nSPS) is 24.7. The van der Waals surface area contributed by atoms with Crippen LogP contribution in [0.15, 0.2) is 28.8 Å². The molecule has 0 saturated carbocycles. The number of hydrogen-bond acceptors (Lipinski definition) is 5. The lowest BCUT2D eigenvalue weighted by Crippen LogP contribution is -2.45. The molecule has 0 spiro atoms. The molecule has 6 nitrogen and oxygen atoms in total. The first-order valence-corrected chi connectivity index (χ1v) is 9.74. The Kier molecular flexibility index (Phi) is 4.96. The zero-order valence-corrected chi connectivity index (χ0v) is 15.6. The van der Waals surface area contributed by atoms with E-state index in [9.17, 15) is 4.79 Å². The molecule has 2 unspecified atom stereocenters. The van der Waals surface area contributed by atoms with Crippen molar-refractivity contribution in [2.75, 3.05) is 13.1 Å². The zero-order valence-electron chi connectivity index (χ0n) is 15.6. The lowest BCUT2D eigenvalue weighted by atomic mass is 9.85. The highest BCUT2D eigenvalue weighted by Gasteiger charge is 2.34. The summed E-state index contributed by atoms with van der Waals surface area (Å²) in [4.78, 5) is 14.7. The van der Waals surface area contributed by atoms with E-state index in [1.54, 1.807) is 0 Å². The van der Waals surface area contributed by atoms with Gasteiger partial charge in [-0.15, -0.1) is 0 Å². The average molecular weight is 356 g/mol. The molecule has 2 saturated heterocycles. The van der Waals surface area contributed by atoms with Crippen molar-refractivity contribution in [1.82, 2.24) is 20.9 Å². The predicted octanol–water partition coefficient (Wildman–Crippen LogP) is 2.50. The molecule has 6 heteroatoms. The first-order valence-electron chi connectivity index (χ1n) is 9.74. The van der Waals surface area contributed by atoms with Crippen molar-refractivity contribution in [3.63, 3.8) is 0 Å². The molecule has 1 amide bonds. The van der Waals surface area contributed by atoms with Crippen molar-refractivity contribution in [2.24, 2.45) is 11.8 Å². The molecule has 0 aliphatic carbocycles. The van der Waals surface area contributed by atoms with Gasteiger partial charge in [0.25, 0.3) is 0 Å². The van der Waals surface area contributed by atoms with Gasteiger partial charge in [-0.25, -0.2) is 0 Å². The second-order valence-electron chi connectivity index (χ2n) is 8.00. The van der Waals surface area contributed by atoms with Gasteiger partial charge in [0.2, 0.25) is 5.91 Å². The van der Waals surface area contributed by atoms with Crippen LogP contribution in [0, 0.1) is 11.8 Å². The third kappa shape index (κ3) is 3.48. The Bertz CT molecular complexity index is 764. The molecule has 26 heavy (non-hydrogen) atoms. The van der Waals surface area contributed by atoms with Crippen molar-refractivity contribution in [1.29, 1.82) is 0 Å². The van der Waals surface area contributed by atoms with E-state index in [4.69, 9.17) is 4.52 Å². The minimum absolute atomic E-state index is 0.153. The highest BCUT2D eigenvalue weighted by atomic mass is 16.5. The quantitative estimate of drug-likeness (QED) is 0.881. The van der Waals surface area contributed by atoms with Gasteiger partial charge < -0.3 is 9.42 Å². The number of para-hydroxylation sites is 1. The second-order valence-corrected chi connectivity index (χ2v) is 8.00. The fraction of sp³-hybridized carbons (Fsp3) is 0.600. The first kappa shape index (κ1) is 17.5. The standard InChI is InChI=1S/C20H28N4O2/c1-13(2)16-11-17(22-21-16)14-7-9-24(10-8-14)20(25)12-18-15-5-3-4-6-19(15)26-23-18/h3-6,13-14,16-17,21-22H,7-12H2,1-2H3. The molecule has 2 fully saturated rings. The van der Waals surface area contributed by atoms with E-state index in [-0.39, 0.29) is 5.91 Å². The van der Waals surface area contributed by atoms with Gasteiger partial charge in [-0.2, -0.15) is 0 Å². The number of nitrogens with one attached hydrogen (secondary N) is 2. The van der Waals surface area contributed by atoms with Gasteiger partial charge in [0.1, 0.15) is 5.69 Å². The van der Waals surface area contributed by atoms with E-state index < -0.39 is 0 Å². The molecule has 1 aromatic carbocycles. The largest absolute Gasteiger partial charge is 0.356 e. The minimum atomic E-state index is 0.153. The third-order valence-electron chi connectivity index (χ3n) is 6.00. The molecule has 2 aliphatic rings. The highest BCUT2D eigenvalue weighted by Crippen LogP contribution is 2.27. The number of benzene rings is 1. The molecule has 0 bridgehead atoms. The van der Waals surface area contributed by atoms with Crippen LogP contribution in [-0.2, 0) is 11.2 Å². The zero-order chi connectivity index (χ0) is 18.1. The first-order chi connectivity index (χ1) is 12.6. The van der Waals surface area contributed by atoms with E-state index in [0.717, 1.165) is 42.6 Å². The van der Waals surface area contributed by atoms with Crippen LogP contribution in [0.3, 0.4) is 0 Å². The summed E-state index contributed by atoms with van der Waals surface area (Å²) in [5.74, 6) is 1.44. The van der Waals surface area contributed by atoms with Gasteiger partial charge >= 0.3 is 0 Å². The summed E-state index contributed by atoms with van der Waals surface area (Å²) in [7, 11) is 0. The molecule has 0 radical (unpaired) electrons. The SMILES string of the molecule is CC(C)C1CC(C2CCN(C(=O)Cc3noc4ccccc34)CC2)NN1. The van der Waals surface area contributed by atoms with Crippen LogP contribution in [0.4, 0.5) is 0 Å². The Morgan fingerprint density at radius 1 is 1.27 bits per heavy atom. The number of carbonyl (C=O) groups is 1. The van der Waals surface area contributed by atoms with Gasteiger partial charge in [0, 0.05) is 30.6 Å². The lowest BCUT2D eigenvalue weighted by Gasteiger charge is -2.34. The maximum atomic E-state index is 12.7. The molecule has 140 valence electrons.